The number of fused-ring (bicyclic) bond motifs is 1. The number of anilines is 2. The van der Waals surface area contributed by atoms with Gasteiger partial charge < -0.3 is 4.74 Å². The van der Waals surface area contributed by atoms with E-state index >= 15 is 0 Å². The van der Waals surface area contributed by atoms with Crippen molar-refractivity contribution in [3.05, 3.63) is 33.6 Å². The zero-order valence-corrected chi connectivity index (χ0v) is 18.5. The number of benzene rings is 1. The molecule has 0 aliphatic carbocycles. The molecule has 0 saturated carbocycles. The molecular formula is C20H21N5O3S2. The Labute approximate surface area is 181 Å². The molecule has 1 aliphatic rings. The van der Waals surface area contributed by atoms with Crippen molar-refractivity contribution in [2.45, 2.75) is 39.7 Å². The van der Waals surface area contributed by atoms with Crippen molar-refractivity contribution in [3.63, 3.8) is 0 Å². The fraction of sp³-hybridized carbons (Fsp3) is 0.350. The average molecular weight is 444 g/mol. The van der Waals surface area contributed by atoms with Crippen LogP contribution in [0.25, 0.3) is 11.3 Å². The smallest absolute Gasteiger partial charge is 0.268 e. The highest BCUT2D eigenvalue weighted by molar-refractivity contribution is 7.15. The molecule has 156 valence electrons. The summed E-state index contributed by atoms with van der Waals surface area (Å²) in [5.41, 5.74) is 2.29. The lowest BCUT2D eigenvalue weighted by atomic mass is 10.1. The van der Waals surface area contributed by atoms with E-state index in [-0.39, 0.29) is 18.4 Å². The van der Waals surface area contributed by atoms with Crippen molar-refractivity contribution in [3.8, 4) is 17.0 Å². The van der Waals surface area contributed by atoms with Gasteiger partial charge in [-0.1, -0.05) is 18.3 Å². The number of ether oxygens (including phenoxy) is 1. The molecule has 3 heterocycles. The predicted octanol–water partition coefficient (Wildman–Crippen LogP) is 3.68. The van der Waals surface area contributed by atoms with Crippen molar-refractivity contribution < 1.29 is 14.3 Å². The Morgan fingerprint density at radius 1 is 1.33 bits per heavy atom. The predicted molar refractivity (Wildman–Crippen MR) is 117 cm³/mol. The van der Waals surface area contributed by atoms with Gasteiger partial charge in [0.2, 0.25) is 11.0 Å². The third-order valence-corrected chi connectivity index (χ3v) is 6.22. The Bertz CT molecular complexity index is 1090. The first-order valence-corrected chi connectivity index (χ1v) is 11.3. The minimum absolute atomic E-state index is 0.139. The van der Waals surface area contributed by atoms with Gasteiger partial charge in [-0.2, -0.15) is 0 Å². The number of hydrogen-bond acceptors (Lipinski definition) is 8. The highest BCUT2D eigenvalue weighted by atomic mass is 32.1. The molecule has 10 heteroatoms. The summed E-state index contributed by atoms with van der Waals surface area (Å²) in [6.45, 7) is 5.47. The van der Waals surface area contributed by atoms with E-state index in [1.165, 1.54) is 16.2 Å². The second-order valence-electron chi connectivity index (χ2n) is 6.92. The van der Waals surface area contributed by atoms with Crippen LogP contribution in [0.4, 0.5) is 10.8 Å². The summed E-state index contributed by atoms with van der Waals surface area (Å²) in [6.07, 6.45) is 1.30. The normalized spacial score (nSPS) is 15.6. The largest absolute Gasteiger partial charge is 0.479 e. The van der Waals surface area contributed by atoms with Gasteiger partial charge in [0.1, 0.15) is 17.3 Å². The maximum Gasteiger partial charge on any atom is 0.268 e. The van der Waals surface area contributed by atoms with E-state index in [9.17, 15) is 9.59 Å². The number of rotatable bonds is 6. The fourth-order valence-electron chi connectivity index (χ4n) is 3.15. The molecule has 0 saturated heterocycles. The summed E-state index contributed by atoms with van der Waals surface area (Å²) in [4.78, 5) is 31.5. The molecule has 0 spiro atoms. The molecule has 1 aliphatic heterocycles. The first-order chi connectivity index (χ1) is 14.4. The SMILES string of the molecule is CCCc1nc(-c2ccc3c(c2)N(CC(=O)Nc2nnc(C)s2)C(=O)C(C)O3)cs1. The molecule has 3 aromatic rings. The maximum atomic E-state index is 12.8. The molecular weight excluding hydrogens is 422 g/mol. The van der Waals surface area contributed by atoms with Crippen LogP contribution in [0.15, 0.2) is 23.6 Å². The van der Waals surface area contributed by atoms with Gasteiger partial charge in [0.25, 0.3) is 5.91 Å². The Balaban J connectivity index is 1.61. The van der Waals surface area contributed by atoms with Gasteiger partial charge in [-0.15, -0.1) is 21.5 Å². The summed E-state index contributed by atoms with van der Waals surface area (Å²) in [7, 11) is 0. The Morgan fingerprint density at radius 3 is 2.90 bits per heavy atom. The van der Waals surface area contributed by atoms with E-state index in [1.807, 2.05) is 30.5 Å². The van der Waals surface area contributed by atoms with Crippen LogP contribution in [-0.2, 0) is 16.0 Å². The third kappa shape index (κ3) is 4.19. The molecule has 0 radical (unpaired) electrons. The number of aromatic nitrogens is 3. The Kier molecular flexibility index (Phi) is 5.78. The summed E-state index contributed by atoms with van der Waals surface area (Å²) in [5, 5.41) is 14.7. The second-order valence-corrected chi connectivity index (χ2v) is 9.04. The van der Waals surface area contributed by atoms with Gasteiger partial charge in [-0.25, -0.2) is 4.98 Å². The minimum atomic E-state index is -0.671. The van der Waals surface area contributed by atoms with Crippen molar-refractivity contribution >= 4 is 45.3 Å². The van der Waals surface area contributed by atoms with Crippen LogP contribution in [0.5, 0.6) is 5.75 Å². The lowest BCUT2D eigenvalue weighted by Crippen LogP contribution is -2.47. The molecule has 0 bridgehead atoms. The average Bonchev–Trinajstić information content (AvgIpc) is 3.34. The van der Waals surface area contributed by atoms with Crippen molar-refractivity contribution in [1.82, 2.24) is 15.2 Å². The number of thiazole rings is 1. The van der Waals surface area contributed by atoms with Crippen molar-refractivity contribution in [2.75, 3.05) is 16.8 Å². The number of hydrogen-bond donors (Lipinski definition) is 1. The van der Waals surface area contributed by atoms with Crippen LogP contribution in [0.3, 0.4) is 0 Å². The van der Waals surface area contributed by atoms with Crippen LogP contribution in [0.1, 0.15) is 30.3 Å². The highest BCUT2D eigenvalue weighted by Crippen LogP contribution is 2.37. The molecule has 1 N–H and O–H groups in total. The van der Waals surface area contributed by atoms with Gasteiger partial charge in [-0.3, -0.25) is 19.8 Å². The number of nitrogens with zero attached hydrogens (tertiary/aromatic N) is 4. The van der Waals surface area contributed by atoms with Crippen LogP contribution >= 0.6 is 22.7 Å². The zero-order chi connectivity index (χ0) is 21.3. The molecule has 4 rings (SSSR count). The fourth-order valence-corrected chi connectivity index (χ4v) is 4.67. The number of carbonyl (C=O) groups excluding carboxylic acids is 2. The zero-order valence-electron chi connectivity index (χ0n) is 16.8. The van der Waals surface area contributed by atoms with E-state index in [0.29, 0.717) is 16.6 Å². The van der Waals surface area contributed by atoms with Gasteiger partial charge in [0.15, 0.2) is 6.10 Å². The molecule has 1 unspecified atom stereocenters. The summed E-state index contributed by atoms with van der Waals surface area (Å²) in [6, 6.07) is 5.60. The quantitative estimate of drug-likeness (QED) is 0.624. The monoisotopic (exact) mass is 443 g/mol. The standard InChI is InChI=1S/C20H21N5O3S2/c1-4-5-18-21-14(10-29-18)13-6-7-16-15(8-13)25(19(27)11(2)28-16)9-17(26)22-20-24-23-12(3)30-20/h6-8,10-11H,4-5,9H2,1-3H3,(H,22,24,26). The molecule has 8 nitrogen and oxygen atoms in total. The molecule has 1 aromatic carbocycles. The van der Waals surface area contributed by atoms with E-state index in [2.05, 4.69) is 27.4 Å². The number of carbonyl (C=O) groups is 2. The van der Waals surface area contributed by atoms with E-state index in [0.717, 1.165) is 34.1 Å². The number of nitrogens with one attached hydrogen (secondary N) is 1. The molecule has 0 fully saturated rings. The van der Waals surface area contributed by atoms with Gasteiger partial charge >= 0.3 is 0 Å². The lowest BCUT2D eigenvalue weighted by molar-refractivity contribution is -0.127. The topological polar surface area (TPSA) is 97.3 Å². The molecule has 1 atom stereocenters. The highest BCUT2D eigenvalue weighted by Gasteiger charge is 2.33. The summed E-state index contributed by atoms with van der Waals surface area (Å²) >= 11 is 2.90. The molecule has 2 aromatic heterocycles. The maximum absolute atomic E-state index is 12.8. The van der Waals surface area contributed by atoms with Crippen LogP contribution < -0.4 is 15.0 Å². The van der Waals surface area contributed by atoms with Gasteiger partial charge in [0.05, 0.1) is 16.4 Å². The Hall–Kier alpha value is -2.85. The van der Waals surface area contributed by atoms with Crippen LogP contribution in [0.2, 0.25) is 0 Å². The van der Waals surface area contributed by atoms with Gasteiger partial charge in [-0.05, 0) is 44.9 Å². The van der Waals surface area contributed by atoms with Gasteiger partial charge in [0, 0.05) is 10.9 Å². The van der Waals surface area contributed by atoms with Crippen LogP contribution in [-0.4, -0.2) is 39.6 Å². The molecule has 30 heavy (non-hydrogen) atoms. The van der Waals surface area contributed by atoms with E-state index in [1.54, 1.807) is 18.3 Å². The summed E-state index contributed by atoms with van der Waals surface area (Å²) < 4.78 is 5.75. The summed E-state index contributed by atoms with van der Waals surface area (Å²) in [5.74, 6) is -0.0496. The first kappa shape index (κ1) is 20.4. The van der Waals surface area contributed by atoms with Crippen LogP contribution in [0, 0.1) is 6.92 Å². The third-order valence-electron chi connectivity index (χ3n) is 4.55. The van der Waals surface area contributed by atoms with Crippen molar-refractivity contribution in [2.24, 2.45) is 0 Å². The number of amides is 2. The second kappa shape index (κ2) is 8.49. The van der Waals surface area contributed by atoms with E-state index in [4.69, 9.17) is 4.74 Å². The van der Waals surface area contributed by atoms with Crippen molar-refractivity contribution in [1.29, 1.82) is 0 Å². The Morgan fingerprint density at radius 2 is 2.17 bits per heavy atom. The molecule has 2 amide bonds. The van der Waals surface area contributed by atoms with E-state index < -0.39 is 6.10 Å². The minimum Gasteiger partial charge on any atom is -0.479 e. The number of aryl methyl sites for hydroxylation is 2. The first-order valence-electron chi connectivity index (χ1n) is 9.61. The lowest BCUT2D eigenvalue weighted by Gasteiger charge is -2.32.